The zero-order chi connectivity index (χ0) is 7.56. The lowest BCUT2D eigenvalue weighted by Crippen LogP contribution is -2.27. The fourth-order valence-corrected chi connectivity index (χ4v) is 0.561. The molecule has 0 radical (unpaired) electrons. The minimum Gasteiger partial charge on any atom is -0.300 e. The number of hydrogen-bond donors (Lipinski definition) is 1. The Hall–Kier alpha value is -1.52. The highest BCUT2D eigenvalue weighted by molar-refractivity contribution is 5.12. The summed E-state index contributed by atoms with van der Waals surface area (Å²) in [6.07, 6.45) is 4.34. The monoisotopic (exact) mass is 141 g/mol. The fourth-order valence-electron chi connectivity index (χ4n) is 0.561. The molecule has 10 heavy (non-hydrogen) atoms. The van der Waals surface area contributed by atoms with Crippen LogP contribution < -0.4 is 5.43 Å². The number of nitro groups is 1. The average molecular weight is 141 g/mol. The minimum atomic E-state index is -0.448. The lowest BCUT2D eigenvalue weighted by Gasteiger charge is -2.15. The van der Waals surface area contributed by atoms with E-state index < -0.39 is 4.92 Å². The molecule has 0 saturated carbocycles. The van der Waals surface area contributed by atoms with Gasteiger partial charge in [-0.05, 0) is 0 Å². The third-order valence-corrected chi connectivity index (χ3v) is 1.10. The van der Waals surface area contributed by atoms with E-state index in [1.54, 1.807) is 18.3 Å². The molecule has 0 atom stereocenters. The van der Waals surface area contributed by atoms with Crippen LogP contribution in [-0.4, -0.2) is 17.0 Å². The molecule has 0 aromatic rings. The third-order valence-electron chi connectivity index (χ3n) is 1.10. The Morgan fingerprint density at radius 3 is 2.90 bits per heavy atom. The van der Waals surface area contributed by atoms with Crippen LogP contribution in [0.15, 0.2) is 24.2 Å². The standard InChI is InChI=1S/C5H7N3O2/c1-7-3-2-5(4-6-7)8(9)10/h2-4,6H,1H3. The number of rotatable bonds is 1. The van der Waals surface area contributed by atoms with E-state index in [1.165, 1.54) is 12.3 Å². The van der Waals surface area contributed by atoms with Gasteiger partial charge in [-0.15, -0.1) is 0 Å². The fraction of sp³-hybridized carbons (Fsp3) is 0.200. The van der Waals surface area contributed by atoms with Gasteiger partial charge in [0.1, 0.15) is 0 Å². The Kier molecular flexibility index (Phi) is 1.57. The second-order valence-electron chi connectivity index (χ2n) is 1.88. The summed E-state index contributed by atoms with van der Waals surface area (Å²) < 4.78 is 0. The van der Waals surface area contributed by atoms with Crippen LogP contribution in [-0.2, 0) is 0 Å². The molecular formula is C5H7N3O2. The molecule has 5 heteroatoms. The van der Waals surface area contributed by atoms with Crippen molar-refractivity contribution in [3.05, 3.63) is 34.3 Å². The zero-order valence-electron chi connectivity index (χ0n) is 5.44. The maximum absolute atomic E-state index is 10.1. The van der Waals surface area contributed by atoms with Crippen molar-refractivity contribution in [2.24, 2.45) is 0 Å². The molecule has 0 aliphatic carbocycles. The van der Waals surface area contributed by atoms with Gasteiger partial charge in [0.2, 0.25) is 0 Å². The molecule has 0 aromatic heterocycles. The average Bonchev–Trinajstić information content (AvgIpc) is 1.88. The smallest absolute Gasteiger partial charge is 0.288 e. The van der Waals surface area contributed by atoms with Crippen molar-refractivity contribution >= 4 is 0 Å². The number of hydrogen-bond acceptors (Lipinski definition) is 4. The molecule has 5 nitrogen and oxygen atoms in total. The molecule has 54 valence electrons. The van der Waals surface area contributed by atoms with E-state index in [2.05, 4.69) is 5.43 Å². The first-order chi connectivity index (χ1) is 4.70. The highest BCUT2D eigenvalue weighted by Gasteiger charge is 2.08. The van der Waals surface area contributed by atoms with Gasteiger partial charge in [0, 0.05) is 19.3 Å². The highest BCUT2D eigenvalue weighted by Crippen LogP contribution is 2.00. The summed E-state index contributed by atoms with van der Waals surface area (Å²) in [5.41, 5.74) is 2.72. The lowest BCUT2D eigenvalue weighted by atomic mass is 10.4. The number of hydrazine groups is 1. The van der Waals surface area contributed by atoms with Gasteiger partial charge < -0.3 is 0 Å². The summed E-state index contributed by atoms with van der Waals surface area (Å²) in [6.45, 7) is 0. The Morgan fingerprint density at radius 1 is 1.80 bits per heavy atom. The second-order valence-corrected chi connectivity index (χ2v) is 1.88. The van der Waals surface area contributed by atoms with Crippen molar-refractivity contribution in [1.82, 2.24) is 10.4 Å². The molecule has 0 aromatic carbocycles. The molecule has 1 aliphatic rings. The molecule has 1 rings (SSSR count). The van der Waals surface area contributed by atoms with Crippen LogP contribution in [0.5, 0.6) is 0 Å². The molecular weight excluding hydrogens is 134 g/mol. The van der Waals surface area contributed by atoms with Gasteiger partial charge in [-0.2, -0.15) is 0 Å². The molecule has 0 bridgehead atoms. The SMILES string of the molecule is CN1C=CC([N+](=O)[O-])=CN1. The van der Waals surface area contributed by atoms with Crippen molar-refractivity contribution in [1.29, 1.82) is 0 Å². The summed E-state index contributed by atoms with van der Waals surface area (Å²) in [7, 11) is 1.75. The molecule has 0 saturated heterocycles. The Morgan fingerprint density at radius 2 is 2.50 bits per heavy atom. The summed E-state index contributed by atoms with van der Waals surface area (Å²) in [5.74, 6) is 0. The van der Waals surface area contributed by atoms with Crippen LogP contribution in [0, 0.1) is 10.1 Å². The van der Waals surface area contributed by atoms with Crippen LogP contribution in [0.2, 0.25) is 0 Å². The van der Waals surface area contributed by atoms with E-state index in [9.17, 15) is 10.1 Å². The Bertz CT molecular complexity index is 209. The predicted octanol–water partition coefficient (Wildman–Crippen LogP) is 0.0682. The largest absolute Gasteiger partial charge is 0.300 e. The predicted molar refractivity (Wildman–Crippen MR) is 35.1 cm³/mol. The zero-order valence-corrected chi connectivity index (χ0v) is 5.44. The molecule has 1 aliphatic heterocycles. The van der Waals surface area contributed by atoms with E-state index >= 15 is 0 Å². The number of nitrogens with zero attached hydrogens (tertiary/aromatic N) is 2. The maximum atomic E-state index is 10.1. The van der Waals surface area contributed by atoms with Gasteiger partial charge in [-0.1, -0.05) is 0 Å². The topological polar surface area (TPSA) is 58.4 Å². The van der Waals surface area contributed by atoms with Gasteiger partial charge in [0.05, 0.1) is 11.1 Å². The first-order valence-electron chi connectivity index (χ1n) is 2.72. The summed E-state index contributed by atoms with van der Waals surface area (Å²) in [5, 5.41) is 11.7. The Balaban J connectivity index is 2.67. The van der Waals surface area contributed by atoms with E-state index in [4.69, 9.17) is 0 Å². The first kappa shape index (κ1) is 6.60. The minimum absolute atomic E-state index is 0.0677. The van der Waals surface area contributed by atoms with E-state index in [0.717, 1.165) is 0 Å². The molecule has 0 amide bonds. The van der Waals surface area contributed by atoms with Gasteiger partial charge >= 0.3 is 0 Å². The van der Waals surface area contributed by atoms with Crippen molar-refractivity contribution in [3.63, 3.8) is 0 Å². The molecule has 0 fully saturated rings. The summed E-state index contributed by atoms with van der Waals surface area (Å²) >= 11 is 0. The van der Waals surface area contributed by atoms with Crippen molar-refractivity contribution < 1.29 is 4.92 Å². The Labute approximate surface area is 57.7 Å². The quantitative estimate of drug-likeness (QED) is 0.414. The summed E-state index contributed by atoms with van der Waals surface area (Å²) in [6, 6.07) is 0. The second kappa shape index (κ2) is 2.38. The van der Waals surface area contributed by atoms with Crippen LogP contribution in [0.1, 0.15) is 0 Å². The molecule has 0 spiro atoms. The number of nitrogens with one attached hydrogen (secondary N) is 1. The summed E-state index contributed by atoms with van der Waals surface area (Å²) in [4.78, 5) is 9.64. The van der Waals surface area contributed by atoms with Crippen molar-refractivity contribution in [2.75, 3.05) is 7.05 Å². The maximum Gasteiger partial charge on any atom is 0.288 e. The van der Waals surface area contributed by atoms with Crippen LogP contribution in [0.25, 0.3) is 0 Å². The molecule has 1 N–H and O–H groups in total. The third kappa shape index (κ3) is 1.25. The van der Waals surface area contributed by atoms with Gasteiger partial charge in [-0.25, -0.2) is 0 Å². The lowest BCUT2D eigenvalue weighted by molar-refractivity contribution is -0.420. The van der Waals surface area contributed by atoms with Gasteiger partial charge in [0.25, 0.3) is 5.70 Å². The van der Waals surface area contributed by atoms with E-state index in [0.29, 0.717) is 0 Å². The van der Waals surface area contributed by atoms with Crippen molar-refractivity contribution in [3.8, 4) is 0 Å². The van der Waals surface area contributed by atoms with Crippen LogP contribution in [0.3, 0.4) is 0 Å². The van der Waals surface area contributed by atoms with E-state index in [-0.39, 0.29) is 5.70 Å². The van der Waals surface area contributed by atoms with Crippen LogP contribution in [0.4, 0.5) is 0 Å². The molecule has 0 unspecified atom stereocenters. The van der Waals surface area contributed by atoms with Crippen molar-refractivity contribution in [2.45, 2.75) is 0 Å². The molecule has 1 heterocycles. The van der Waals surface area contributed by atoms with Gasteiger partial charge in [0.15, 0.2) is 0 Å². The first-order valence-corrected chi connectivity index (χ1v) is 2.72. The van der Waals surface area contributed by atoms with E-state index in [1.807, 2.05) is 0 Å². The van der Waals surface area contributed by atoms with Crippen LogP contribution >= 0.6 is 0 Å². The van der Waals surface area contributed by atoms with Gasteiger partial charge in [-0.3, -0.25) is 20.5 Å². The normalized spacial score (nSPS) is 16.1. The number of allylic oxidation sites excluding steroid dienone is 1. The highest BCUT2D eigenvalue weighted by atomic mass is 16.6.